The average Bonchev–Trinajstić information content (AvgIpc) is 2.46. The summed E-state index contributed by atoms with van der Waals surface area (Å²) in [6, 6.07) is 5.32. The van der Waals surface area contributed by atoms with Gasteiger partial charge in [-0.3, -0.25) is 9.00 Å². The molecule has 20 heavy (non-hydrogen) atoms. The van der Waals surface area contributed by atoms with Crippen LogP contribution in [0.2, 0.25) is 5.02 Å². The predicted octanol–water partition coefficient (Wildman–Crippen LogP) is 2.37. The van der Waals surface area contributed by atoms with Crippen molar-refractivity contribution in [3.8, 4) is 0 Å². The van der Waals surface area contributed by atoms with Gasteiger partial charge in [0.25, 0.3) is 5.91 Å². The highest BCUT2D eigenvalue weighted by atomic mass is 35.5. The van der Waals surface area contributed by atoms with E-state index in [1.165, 1.54) is 0 Å². The molecule has 1 aromatic rings. The smallest absolute Gasteiger partial charge is 0.256 e. The van der Waals surface area contributed by atoms with Gasteiger partial charge in [0.15, 0.2) is 0 Å². The van der Waals surface area contributed by atoms with Crippen LogP contribution < -0.4 is 5.32 Å². The molecule has 4 nitrogen and oxygen atoms in total. The molecule has 6 heteroatoms. The van der Waals surface area contributed by atoms with Crippen LogP contribution in [-0.4, -0.2) is 46.2 Å². The first-order valence-corrected chi connectivity index (χ1v) is 8.66. The van der Waals surface area contributed by atoms with Crippen molar-refractivity contribution in [1.29, 1.82) is 0 Å². The molecular formula is C14H19ClN2O2S. The number of amides is 1. The van der Waals surface area contributed by atoms with Crippen LogP contribution in [0.25, 0.3) is 0 Å². The van der Waals surface area contributed by atoms with Crippen LogP contribution in [0.4, 0.5) is 5.69 Å². The van der Waals surface area contributed by atoms with Crippen LogP contribution in [0.1, 0.15) is 23.7 Å². The van der Waals surface area contributed by atoms with Crippen molar-refractivity contribution in [2.45, 2.75) is 13.3 Å². The topological polar surface area (TPSA) is 49.4 Å². The number of carbonyl (C=O) groups excluding carboxylic acids is 1. The van der Waals surface area contributed by atoms with Crippen molar-refractivity contribution in [3.05, 3.63) is 28.8 Å². The SMILES string of the molecule is CCCNc1ccc(Cl)cc1C(=O)N1CCS(=O)CC1. The molecule has 0 unspecified atom stereocenters. The summed E-state index contributed by atoms with van der Waals surface area (Å²) in [5, 5.41) is 3.80. The minimum atomic E-state index is -0.784. The van der Waals surface area contributed by atoms with Crippen LogP contribution >= 0.6 is 11.6 Å². The van der Waals surface area contributed by atoms with Gasteiger partial charge in [0, 0.05) is 52.6 Å². The van der Waals surface area contributed by atoms with E-state index < -0.39 is 10.8 Å². The van der Waals surface area contributed by atoms with E-state index in [0.29, 0.717) is 35.2 Å². The van der Waals surface area contributed by atoms with Gasteiger partial charge < -0.3 is 10.2 Å². The third-order valence-corrected chi connectivity index (χ3v) is 4.75. The zero-order chi connectivity index (χ0) is 14.5. The molecule has 0 aromatic heterocycles. The minimum Gasteiger partial charge on any atom is -0.384 e. The molecule has 1 heterocycles. The van der Waals surface area contributed by atoms with Gasteiger partial charge in [-0.05, 0) is 24.6 Å². The van der Waals surface area contributed by atoms with E-state index in [9.17, 15) is 9.00 Å². The Hall–Kier alpha value is -1.07. The standard InChI is InChI=1S/C14H19ClN2O2S/c1-2-5-16-13-4-3-11(15)10-12(13)14(18)17-6-8-20(19)9-7-17/h3-4,10,16H,2,5-9H2,1H3. The Kier molecular flexibility index (Phi) is 5.43. The van der Waals surface area contributed by atoms with Crippen LogP contribution in [0.5, 0.6) is 0 Å². The second-order valence-corrected chi connectivity index (χ2v) is 6.89. The number of nitrogens with zero attached hydrogens (tertiary/aromatic N) is 1. The Balaban J connectivity index is 2.19. The average molecular weight is 315 g/mol. The lowest BCUT2D eigenvalue weighted by Gasteiger charge is -2.27. The molecule has 1 aromatic carbocycles. The maximum absolute atomic E-state index is 12.6. The Labute approximate surface area is 126 Å². The first-order chi connectivity index (χ1) is 9.61. The monoisotopic (exact) mass is 314 g/mol. The molecule has 110 valence electrons. The molecule has 1 aliphatic heterocycles. The zero-order valence-electron chi connectivity index (χ0n) is 11.5. The van der Waals surface area contributed by atoms with Gasteiger partial charge >= 0.3 is 0 Å². The number of halogens is 1. The lowest BCUT2D eigenvalue weighted by atomic mass is 10.1. The number of hydrogen-bond donors (Lipinski definition) is 1. The van der Waals surface area contributed by atoms with E-state index in [4.69, 9.17) is 11.6 Å². The van der Waals surface area contributed by atoms with Crippen LogP contribution in [0, 0.1) is 0 Å². The predicted molar refractivity (Wildman–Crippen MR) is 84.0 cm³/mol. The summed E-state index contributed by atoms with van der Waals surface area (Å²) >= 11 is 6.01. The normalized spacial score (nSPS) is 16.2. The van der Waals surface area contributed by atoms with Crippen LogP contribution in [-0.2, 0) is 10.8 Å². The summed E-state index contributed by atoms with van der Waals surface area (Å²) < 4.78 is 11.4. The Morgan fingerprint density at radius 1 is 1.40 bits per heavy atom. The largest absolute Gasteiger partial charge is 0.384 e. The van der Waals surface area contributed by atoms with Crippen LogP contribution in [0.3, 0.4) is 0 Å². The highest BCUT2D eigenvalue weighted by molar-refractivity contribution is 7.85. The second kappa shape index (κ2) is 7.09. The van der Waals surface area contributed by atoms with Crippen molar-refractivity contribution in [3.63, 3.8) is 0 Å². The molecule has 0 spiro atoms. The molecule has 1 N–H and O–H groups in total. The second-order valence-electron chi connectivity index (χ2n) is 4.76. The highest BCUT2D eigenvalue weighted by Crippen LogP contribution is 2.23. The van der Waals surface area contributed by atoms with Crippen LogP contribution in [0.15, 0.2) is 18.2 Å². The fourth-order valence-corrected chi connectivity index (χ4v) is 3.34. The molecule has 1 saturated heterocycles. The van der Waals surface area contributed by atoms with Gasteiger partial charge in [0.1, 0.15) is 0 Å². The fourth-order valence-electron chi connectivity index (χ4n) is 2.12. The minimum absolute atomic E-state index is 0.0391. The first-order valence-electron chi connectivity index (χ1n) is 6.79. The highest BCUT2D eigenvalue weighted by Gasteiger charge is 2.23. The van der Waals surface area contributed by atoms with E-state index in [2.05, 4.69) is 12.2 Å². The summed E-state index contributed by atoms with van der Waals surface area (Å²) in [6.45, 7) is 3.98. The molecule has 1 amide bonds. The van der Waals surface area contributed by atoms with E-state index in [1.807, 2.05) is 6.07 Å². The quantitative estimate of drug-likeness (QED) is 0.928. The lowest BCUT2D eigenvalue weighted by molar-refractivity contribution is 0.0772. The molecule has 0 radical (unpaired) electrons. The molecule has 0 aliphatic carbocycles. The molecule has 0 bridgehead atoms. The molecule has 0 saturated carbocycles. The number of hydrogen-bond acceptors (Lipinski definition) is 3. The van der Waals surface area contributed by atoms with Gasteiger partial charge in [-0.25, -0.2) is 0 Å². The third kappa shape index (κ3) is 3.73. The van der Waals surface area contributed by atoms with Crippen molar-refractivity contribution in [2.24, 2.45) is 0 Å². The maximum atomic E-state index is 12.6. The molecule has 1 fully saturated rings. The first kappa shape index (κ1) is 15.3. The summed E-state index contributed by atoms with van der Waals surface area (Å²) in [4.78, 5) is 14.3. The number of anilines is 1. The van der Waals surface area contributed by atoms with E-state index in [-0.39, 0.29) is 5.91 Å². The molecule has 2 rings (SSSR count). The Morgan fingerprint density at radius 2 is 2.10 bits per heavy atom. The summed E-state index contributed by atoms with van der Waals surface area (Å²) in [5.41, 5.74) is 1.41. The zero-order valence-corrected chi connectivity index (χ0v) is 13.1. The molecular weight excluding hydrogens is 296 g/mol. The third-order valence-electron chi connectivity index (χ3n) is 3.24. The van der Waals surface area contributed by atoms with Gasteiger partial charge in [-0.1, -0.05) is 18.5 Å². The summed E-state index contributed by atoms with van der Waals surface area (Å²) in [6.07, 6.45) is 0.985. The summed E-state index contributed by atoms with van der Waals surface area (Å²) in [7, 11) is -0.784. The van der Waals surface area contributed by atoms with Crippen molar-refractivity contribution < 1.29 is 9.00 Å². The number of benzene rings is 1. The van der Waals surface area contributed by atoms with Crippen molar-refractivity contribution in [2.75, 3.05) is 36.5 Å². The Morgan fingerprint density at radius 3 is 2.75 bits per heavy atom. The van der Waals surface area contributed by atoms with Crippen molar-refractivity contribution >= 4 is 34.0 Å². The van der Waals surface area contributed by atoms with Gasteiger partial charge in [-0.2, -0.15) is 0 Å². The van der Waals surface area contributed by atoms with Gasteiger partial charge in [0.2, 0.25) is 0 Å². The fraction of sp³-hybridized carbons (Fsp3) is 0.500. The molecule has 0 atom stereocenters. The van der Waals surface area contributed by atoms with E-state index in [1.54, 1.807) is 17.0 Å². The van der Waals surface area contributed by atoms with Gasteiger partial charge in [-0.15, -0.1) is 0 Å². The van der Waals surface area contributed by atoms with E-state index >= 15 is 0 Å². The van der Waals surface area contributed by atoms with Gasteiger partial charge in [0.05, 0.1) is 5.56 Å². The Bertz CT molecular complexity index is 512. The lowest BCUT2D eigenvalue weighted by Crippen LogP contribution is -2.42. The summed E-state index contributed by atoms with van der Waals surface area (Å²) in [5.74, 6) is 1.08. The number of nitrogens with one attached hydrogen (secondary N) is 1. The van der Waals surface area contributed by atoms with Crippen molar-refractivity contribution in [1.82, 2.24) is 4.90 Å². The number of carbonyl (C=O) groups is 1. The molecule has 1 aliphatic rings. The van der Waals surface area contributed by atoms with E-state index in [0.717, 1.165) is 18.7 Å². The number of rotatable bonds is 4. The maximum Gasteiger partial charge on any atom is 0.256 e.